The lowest BCUT2D eigenvalue weighted by Crippen LogP contribution is -2.29. The first kappa shape index (κ1) is 21.3. The Hall–Kier alpha value is -2.89. The van der Waals surface area contributed by atoms with Crippen LogP contribution in [0.2, 0.25) is 5.02 Å². The fourth-order valence-electron chi connectivity index (χ4n) is 3.80. The summed E-state index contributed by atoms with van der Waals surface area (Å²) in [6.45, 7) is 3.83. The summed E-state index contributed by atoms with van der Waals surface area (Å²) in [6, 6.07) is 18.9. The average Bonchev–Trinajstić information content (AvgIpc) is 3.01. The molecule has 1 fully saturated rings. The van der Waals surface area contributed by atoms with Gasteiger partial charge in [-0.05, 0) is 61.4 Å². The van der Waals surface area contributed by atoms with Crippen LogP contribution in [-0.2, 0) is 9.59 Å². The van der Waals surface area contributed by atoms with Crippen LogP contribution in [0.25, 0.3) is 5.76 Å². The molecule has 0 aliphatic carbocycles. The highest BCUT2D eigenvalue weighted by molar-refractivity contribution is 9.10. The van der Waals surface area contributed by atoms with Crippen LogP contribution in [0.5, 0.6) is 0 Å². The first-order valence-corrected chi connectivity index (χ1v) is 10.8. The number of amides is 1. The van der Waals surface area contributed by atoms with Crippen LogP contribution in [-0.4, -0.2) is 16.8 Å². The van der Waals surface area contributed by atoms with Crippen molar-refractivity contribution in [1.82, 2.24) is 0 Å². The molecule has 4 rings (SSSR count). The van der Waals surface area contributed by atoms with Crippen molar-refractivity contribution < 1.29 is 14.7 Å². The van der Waals surface area contributed by atoms with E-state index in [0.29, 0.717) is 16.3 Å². The van der Waals surface area contributed by atoms with Gasteiger partial charge >= 0.3 is 0 Å². The van der Waals surface area contributed by atoms with Gasteiger partial charge in [-0.3, -0.25) is 14.5 Å². The van der Waals surface area contributed by atoms with E-state index in [1.807, 2.05) is 38.1 Å². The van der Waals surface area contributed by atoms with Crippen LogP contribution in [0.3, 0.4) is 0 Å². The highest BCUT2D eigenvalue weighted by Crippen LogP contribution is 2.42. The Morgan fingerprint density at radius 1 is 1.00 bits per heavy atom. The molecular formula is C25H19BrClNO3. The van der Waals surface area contributed by atoms with Gasteiger partial charge in [0.05, 0.1) is 11.6 Å². The molecule has 31 heavy (non-hydrogen) atoms. The predicted octanol–water partition coefficient (Wildman–Crippen LogP) is 6.35. The largest absolute Gasteiger partial charge is 0.507 e. The van der Waals surface area contributed by atoms with Gasteiger partial charge in [-0.2, -0.15) is 0 Å². The van der Waals surface area contributed by atoms with E-state index in [4.69, 9.17) is 11.6 Å². The molecule has 1 aliphatic rings. The van der Waals surface area contributed by atoms with Crippen molar-refractivity contribution in [3.63, 3.8) is 0 Å². The first-order valence-electron chi connectivity index (χ1n) is 9.67. The molecule has 0 radical (unpaired) electrons. The fraction of sp³-hybridized carbons (Fsp3) is 0.120. The number of aliphatic hydroxyl groups excluding tert-OH is 1. The number of ketones is 1. The third-order valence-electron chi connectivity index (χ3n) is 5.34. The lowest BCUT2D eigenvalue weighted by molar-refractivity contribution is -0.132. The van der Waals surface area contributed by atoms with Crippen LogP contribution < -0.4 is 4.90 Å². The van der Waals surface area contributed by atoms with Crippen molar-refractivity contribution in [2.24, 2.45) is 0 Å². The van der Waals surface area contributed by atoms with E-state index in [2.05, 4.69) is 15.9 Å². The second kappa shape index (κ2) is 8.33. The summed E-state index contributed by atoms with van der Waals surface area (Å²) in [7, 11) is 0. The topological polar surface area (TPSA) is 57.6 Å². The summed E-state index contributed by atoms with van der Waals surface area (Å²) < 4.78 is 0.890. The Morgan fingerprint density at radius 2 is 1.71 bits per heavy atom. The molecule has 1 saturated heterocycles. The van der Waals surface area contributed by atoms with Gasteiger partial charge in [0, 0.05) is 20.7 Å². The maximum atomic E-state index is 13.1. The zero-order valence-corrected chi connectivity index (χ0v) is 19.2. The molecule has 0 bridgehead atoms. The molecule has 1 unspecified atom stereocenters. The zero-order chi connectivity index (χ0) is 22.3. The monoisotopic (exact) mass is 495 g/mol. The maximum Gasteiger partial charge on any atom is 0.300 e. The number of benzene rings is 3. The van der Waals surface area contributed by atoms with Gasteiger partial charge in [0.15, 0.2) is 0 Å². The third-order valence-corrected chi connectivity index (χ3v) is 6.48. The summed E-state index contributed by atoms with van der Waals surface area (Å²) in [5.74, 6) is -1.61. The number of aliphatic hydroxyl groups is 1. The molecule has 1 N–H and O–H groups in total. The molecule has 1 atom stereocenters. The van der Waals surface area contributed by atoms with Gasteiger partial charge in [-0.15, -0.1) is 0 Å². The van der Waals surface area contributed by atoms with E-state index in [1.165, 1.54) is 4.90 Å². The van der Waals surface area contributed by atoms with Crippen LogP contribution >= 0.6 is 27.5 Å². The highest BCUT2D eigenvalue weighted by Gasteiger charge is 2.47. The van der Waals surface area contributed by atoms with Gasteiger partial charge in [0.1, 0.15) is 5.76 Å². The molecule has 0 spiro atoms. The number of rotatable bonds is 3. The Labute approximate surface area is 193 Å². The number of hydrogen-bond donors (Lipinski definition) is 1. The minimum Gasteiger partial charge on any atom is -0.507 e. The maximum absolute atomic E-state index is 13.1. The SMILES string of the molecule is Cc1cccc(C2/C(=C(/O)c3ccc(Br)c(C)c3)C(=O)C(=O)N2c2ccc(Cl)cc2)c1. The fourth-order valence-corrected chi connectivity index (χ4v) is 4.18. The molecule has 1 aliphatic heterocycles. The van der Waals surface area contributed by atoms with Gasteiger partial charge in [0.2, 0.25) is 0 Å². The van der Waals surface area contributed by atoms with Crippen molar-refractivity contribution in [3.05, 3.63) is 104 Å². The van der Waals surface area contributed by atoms with Gasteiger partial charge < -0.3 is 5.11 Å². The molecular weight excluding hydrogens is 478 g/mol. The number of nitrogens with zero attached hydrogens (tertiary/aromatic N) is 1. The van der Waals surface area contributed by atoms with Crippen molar-refractivity contribution in [3.8, 4) is 0 Å². The minimum absolute atomic E-state index is 0.0623. The average molecular weight is 497 g/mol. The van der Waals surface area contributed by atoms with E-state index in [9.17, 15) is 14.7 Å². The van der Waals surface area contributed by atoms with Crippen LogP contribution in [0.1, 0.15) is 28.3 Å². The van der Waals surface area contributed by atoms with Crippen molar-refractivity contribution in [2.45, 2.75) is 19.9 Å². The summed E-state index contributed by atoms with van der Waals surface area (Å²) in [4.78, 5) is 27.7. The normalized spacial score (nSPS) is 17.9. The molecule has 0 aromatic heterocycles. The highest BCUT2D eigenvalue weighted by atomic mass is 79.9. The zero-order valence-electron chi connectivity index (χ0n) is 16.9. The van der Waals surface area contributed by atoms with Gasteiger partial charge in [-0.1, -0.05) is 63.4 Å². The lowest BCUT2D eigenvalue weighted by atomic mass is 9.94. The van der Waals surface area contributed by atoms with E-state index in [-0.39, 0.29) is 11.3 Å². The Bertz CT molecular complexity index is 1230. The van der Waals surface area contributed by atoms with Crippen molar-refractivity contribution in [1.29, 1.82) is 0 Å². The number of carbonyl (C=O) groups is 2. The third kappa shape index (κ3) is 3.91. The van der Waals surface area contributed by atoms with Crippen molar-refractivity contribution >= 4 is 50.7 Å². The number of hydrogen-bond acceptors (Lipinski definition) is 3. The molecule has 156 valence electrons. The van der Waals surface area contributed by atoms with Crippen LogP contribution in [0.4, 0.5) is 5.69 Å². The quantitative estimate of drug-likeness (QED) is 0.261. The van der Waals surface area contributed by atoms with Gasteiger partial charge in [0.25, 0.3) is 11.7 Å². The number of aryl methyl sites for hydroxylation is 2. The molecule has 0 saturated carbocycles. The Balaban J connectivity index is 1.96. The van der Waals surface area contributed by atoms with E-state index >= 15 is 0 Å². The number of carbonyl (C=O) groups excluding carboxylic acids is 2. The summed E-state index contributed by atoms with van der Waals surface area (Å²) in [5.41, 5.74) is 3.70. The van der Waals surface area contributed by atoms with Gasteiger partial charge in [-0.25, -0.2) is 0 Å². The van der Waals surface area contributed by atoms with E-state index in [0.717, 1.165) is 21.2 Å². The molecule has 1 amide bonds. The second-order valence-corrected chi connectivity index (χ2v) is 8.81. The summed E-state index contributed by atoms with van der Waals surface area (Å²) >= 11 is 9.47. The lowest BCUT2D eigenvalue weighted by Gasteiger charge is -2.25. The summed E-state index contributed by atoms with van der Waals surface area (Å²) in [6.07, 6.45) is 0. The van der Waals surface area contributed by atoms with E-state index < -0.39 is 17.7 Å². The first-order chi connectivity index (χ1) is 14.8. The number of Topliss-reactive ketones (excluding diaryl/α,β-unsaturated/α-hetero) is 1. The summed E-state index contributed by atoms with van der Waals surface area (Å²) in [5, 5.41) is 11.7. The molecule has 6 heteroatoms. The Morgan fingerprint density at radius 3 is 2.35 bits per heavy atom. The minimum atomic E-state index is -0.759. The van der Waals surface area contributed by atoms with Crippen LogP contribution in [0, 0.1) is 13.8 Å². The molecule has 3 aromatic rings. The van der Waals surface area contributed by atoms with E-state index in [1.54, 1.807) is 42.5 Å². The number of halogens is 2. The second-order valence-electron chi connectivity index (χ2n) is 7.52. The number of anilines is 1. The van der Waals surface area contributed by atoms with Crippen LogP contribution in [0.15, 0.2) is 76.8 Å². The standard InChI is InChI=1S/C25H19BrClNO3/c1-14-4-3-5-16(12-14)22-21(23(29)17-6-11-20(26)15(2)13-17)24(30)25(31)28(22)19-9-7-18(27)8-10-19/h3-13,22,29H,1-2H3/b23-21-. The molecule has 3 aromatic carbocycles. The Kier molecular flexibility index (Phi) is 5.73. The van der Waals surface area contributed by atoms with Crippen molar-refractivity contribution in [2.75, 3.05) is 4.90 Å². The predicted molar refractivity (Wildman–Crippen MR) is 126 cm³/mol. The molecule has 4 nitrogen and oxygen atoms in total. The smallest absolute Gasteiger partial charge is 0.300 e. The molecule has 1 heterocycles.